The molecule has 0 saturated heterocycles. The van der Waals surface area contributed by atoms with Crippen LogP contribution in [-0.4, -0.2) is 54.4 Å². The average Bonchev–Trinajstić information content (AvgIpc) is 2.95. The maximum absolute atomic E-state index is 12.2. The predicted octanol–water partition coefficient (Wildman–Crippen LogP) is 2.35. The molecule has 0 aliphatic heterocycles. The minimum atomic E-state index is -0.366. The Morgan fingerprint density at radius 2 is 2.21 bits per heavy atom. The zero-order chi connectivity index (χ0) is 17.5. The van der Waals surface area contributed by atoms with Gasteiger partial charge in [-0.05, 0) is 39.2 Å². The summed E-state index contributed by atoms with van der Waals surface area (Å²) in [6, 6.07) is 7.37. The summed E-state index contributed by atoms with van der Waals surface area (Å²) < 4.78 is 6.85. The lowest BCUT2D eigenvalue weighted by Gasteiger charge is -2.13. The smallest absolute Gasteiger partial charge is 0.341 e. The third-order valence-corrected chi connectivity index (χ3v) is 3.68. The Balaban J connectivity index is 2.27. The molecule has 1 N–H and O–H groups in total. The largest absolute Gasteiger partial charge is 0.462 e. The first-order valence-corrected chi connectivity index (χ1v) is 8.26. The van der Waals surface area contributed by atoms with Gasteiger partial charge in [-0.3, -0.25) is 0 Å². The van der Waals surface area contributed by atoms with Crippen LogP contribution in [0.1, 0.15) is 23.0 Å². The highest BCUT2D eigenvalue weighted by Crippen LogP contribution is 2.19. The molecule has 24 heavy (non-hydrogen) atoms. The molecule has 0 atom stereocenters. The topological polar surface area (TPSA) is 59.4 Å². The van der Waals surface area contributed by atoms with Crippen LogP contribution >= 0.6 is 11.6 Å². The maximum Gasteiger partial charge on any atom is 0.341 e. The highest BCUT2D eigenvalue weighted by atomic mass is 35.5. The molecule has 0 spiro atoms. The van der Waals surface area contributed by atoms with Crippen LogP contribution in [0.5, 0.6) is 0 Å². The van der Waals surface area contributed by atoms with E-state index >= 15 is 0 Å². The number of nitrogens with one attached hydrogen (secondary N) is 1. The van der Waals surface area contributed by atoms with Gasteiger partial charge in [0.2, 0.25) is 0 Å². The van der Waals surface area contributed by atoms with Crippen LogP contribution in [0.25, 0.3) is 5.69 Å². The summed E-state index contributed by atoms with van der Waals surface area (Å²) in [6.07, 6.45) is 1.54. The Bertz CT molecular complexity index is 685. The lowest BCUT2D eigenvalue weighted by Crippen LogP contribution is -2.27. The molecule has 2 aromatic rings. The second-order valence-corrected chi connectivity index (χ2v) is 6.03. The summed E-state index contributed by atoms with van der Waals surface area (Å²) in [4.78, 5) is 14.3. The van der Waals surface area contributed by atoms with Crippen molar-refractivity contribution < 1.29 is 9.53 Å². The van der Waals surface area contributed by atoms with Gasteiger partial charge in [0.15, 0.2) is 0 Å². The van der Waals surface area contributed by atoms with Crippen LogP contribution in [0, 0.1) is 0 Å². The monoisotopic (exact) mass is 350 g/mol. The Kier molecular flexibility index (Phi) is 6.78. The van der Waals surface area contributed by atoms with Crippen LogP contribution in [-0.2, 0) is 11.3 Å². The molecule has 2 rings (SSSR count). The number of carbonyl (C=O) groups excluding carboxylic acids is 1. The first kappa shape index (κ1) is 18.4. The molecule has 0 radical (unpaired) electrons. The van der Waals surface area contributed by atoms with Crippen LogP contribution in [0.15, 0.2) is 30.5 Å². The van der Waals surface area contributed by atoms with Crippen molar-refractivity contribution in [3.63, 3.8) is 0 Å². The van der Waals surface area contributed by atoms with E-state index in [0.29, 0.717) is 23.7 Å². The molecule has 1 heterocycles. The first-order valence-electron chi connectivity index (χ1n) is 7.88. The van der Waals surface area contributed by atoms with Crippen LogP contribution in [0.3, 0.4) is 0 Å². The first-order chi connectivity index (χ1) is 11.5. The molecule has 1 aromatic carbocycles. The summed E-state index contributed by atoms with van der Waals surface area (Å²) in [7, 11) is 4.03. The van der Waals surface area contributed by atoms with Crippen LogP contribution in [0.4, 0.5) is 0 Å². The SMILES string of the molecule is CCOC(=O)c1cnn(-c2cccc(Cl)c2)c1CNCCN(C)C. The van der Waals surface area contributed by atoms with Crippen molar-refractivity contribution in [2.75, 3.05) is 33.8 Å². The molecule has 0 fully saturated rings. The van der Waals surface area contributed by atoms with Gasteiger partial charge in [-0.2, -0.15) is 5.10 Å². The van der Waals surface area contributed by atoms with Crippen LogP contribution in [0.2, 0.25) is 5.02 Å². The molecule has 0 amide bonds. The summed E-state index contributed by atoms with van der Waals surface area (Å²) in [6.45, 7) is 4.33. The summed E-state index contributed by atoms with van der Waals surface area (Å²) in [5.74, 6) is -0.366. The number of rotatable bonds is 8. The van der Waals surface area contributed by atoms with Crippen molar-refractivity contribution in [3.8, 4) is 5.69 Å². The molecule has 0 aliphatic carbocycles. The van der Waals surface area contributed by atoms with Crippen molar-refractivity contribution >= 4 is 17.6 Å². The third kappa shape index (κ3) is 4.80. The Morgan fingerprint density at radius 3 is 2.88 bits per heavy atom. The molecule has 0 aliphatic rings. The maximum atomic E-state index is 12.2. The van der Waals surface area contributed by atoms with Crippen LogP contribution < -0.4 is 5.32 Å². The van der Waals surface area contributed by atoms with E-state index in [4.69, 9.17) is 16.3 Å². The molecule has 130 valence electrons. The van der Waals surface area contributed by atoms with E-state index in [9.17, 15) is 4.79 Å². The standard InChI is InChI=1S/C17H23ClN4O2/c1-4-24-17(23)15-11-20-22(14-7-5-6-13(18)10-14)16(15)12-19-8-9-21(2)3/h5-7,10-11,19H,4,8-9,12H2,1-3H3. The summed E-state index contributed by atoms with van der Waals surface area (Å²) >= 11 is 6.07. The van der Waals surface area contributed by atoms with E-state index < -0.39 is 0 Å². The van der Waals surface area contributed by atoms with E-state index in [0.717, 1.165) is 24.5 Å². The van der Waals surface area contributed by atoms with E-state index in [1.165, 1.54) is 0 Å². The number of benzene rings is 1. The molecular weight excluding hydrogens is 328 g/mol. The normalized spacial score (nSPS) is 11.0. The second kappa shape index (κ2) is 8.82. The Hall–Kier alpha value is -1.89. The number of halogens is 1. The number of carbonyl (C=O) groups is 1. The van der Waals surface area contributed by atoms with Crippen molar-refractivity contribution in [2.45, 2.75) is 13.5 Å². The summed E-state index contributed by atoms with van der Waals surface area (Å²) in [5.41, 5.74) is 2.03. The van der Waals surface area contributed by atoms with Crippen molar-refractivity contribution in [3.05, 3.63) is 46.7 Å². The number of nitrogens with zero attached hydrogens (tertiary/aromatic N) is 3. The van der Waals surface area contributed by atoms with Gasteiger partial charge < -0.3 is 15.0 Å². The van der Waals surface area contributed by atoms with E-state index in [1.54, 1.807) is 23.9 Å². The fraction of sp³-hybridized carbons (Fsp3) is 0.412. The number of hydrogen-bond acceptors (Lipinski definition) is 5. The highest BCUT2D eigenvalue weighted by Gasteiger charge is 2.19. The molecule has 0 saturated carbocycles. The lowest BCUT2D eigenvalue weighted by molar-refractivity contribution is 0.0525. The minimum absolute atomic E-state index is 0.328. The predicted molar refractivity (Wildman–Crippen MR) is 94.8 cm³/mol. The molecular formula is C17H23ClN4O2. The second-order valence-electron chi connectivity index (χ2n) is 5.60. The van der Waals surface area contributed by atoms with Gasteiger partial charge >= 0.3 is 5.97 Å². The van der Waals surface area contributed by atoms with Gasteiger partial charge in [0.25, 0.3) is 0 Å². The minimum Gasteiger partial charge on any atom is -0.462 e. The van der Waals surface area contributed by atoms with E-state index in [2.05, 4.69) is 15.3 Å². The van der Waals surface area contributed by atoms with Gasteiger partial charge in [-0.1, -0.05) is 17.7 Å². The molecule has 7 heteroatoms. The third-order valence-electron chi connectivity index (χ3n) is 3.45. The van der Waals surface area contributed by atoms with Gasteiger partial charge in [-0.15, -0.1) is 0 Å². The molecule has 0 bridgehead atoms. The molecule has 1 aromatic heterocycles. The summed E-state index contributed by atoms with van der Waals surface area (Å²) in [5, 5.41) is 8.31. The van der Waals surface area contributed by atoms with E-state index in [1.807, 2.05) is 32.3 Å². The zero-order valence-corrected chi connectivity index (χ0v) is 15.0. The number of hydrogen-bond donors (Lipinski definition) is 1. The van der Waals surface area contributed by atoms with Gasteiger partial charge in [0.1, 0.15) is 5.56 Å². The quantitative estimate of drug-likeness (QED) is 0.585. The lowest BCUT2D eigenvalue weighted by atomic mass is 10.2. The Morgan fingerprint density at radius 1 is 1.42 bits per heavy atom. The number of likely N-dealkylation sites (N-methyl/N-ethyl adjacent to an activating group) is 1. The highest BCUT2D eigenvalue weighted by molar-refractivity contribution is 6.30. The number of ether oxygens (including phenoxy) is 1. The average molecular weight is 351 g/mol. The van der Waals surface area contributed by atoms with Gasteiger partial charge in [0.05, 0.1) is 24.2 Å². The fourth-order valence-corrected chi connectivity index (χ4v) is 2.45. The fourth-order valence-electron chi connectivity index (χ4n) is 2.26. The Labute approximate surface area is 147 Å². The van der Waals surface area contributed by atoms with Crippen molar-refractivity contribution in [1.82, 2.24) is 20.0 Å². The molecule has 6 nitrogen and oxygen atoms in total. The molecule has 0 unspecified atom stereocenters. The van der Waals surface area contributed by atoms with E-state index in [-0.39, 0.29) is 5.97 Å². The number of aromatic nitrogens is 2. The zero-order valence-electron chi connectivity index (χ0n) is 14.3. The van der Waals surface area contributed by atoms with Crippen molar-refractivity contribution in [2.24, 2.45) is 0 Å². The van der Waals surface area contributed by atoms with Gasteiger partial charge in [0, 0.05) is 24.7 Å². The van der Waals surface area contributed by atoms with Crippen molar-refractivity contribution in [1.29, 1.82) is 0 Å². The number of esters is 1. The van der Waals surface area contributed by atoms with Gasteiger partial charge in [-0.25, -0.2) is 9.48 Å².